The van der Waals surface area contributed by atoms with Crippen molar-refractivity contribution >= 4 is 16.2 Å². The molecule has 1 aliphatic rings. The summed E-state index contributed by atoms with van der Waals surface area (Å²) in [4.78, 5) is 11.1. The van der Waals surface area contributed by atoms with Crippen molar-refractivity contribution in [2.24, 2.45) is 0 Å². The number of hydrogen-bond donors (Lipinski definition) is 1. The average molecular weight is 294 g/mol. The quantitative estimate of drug-likeness (QED) is 0.691. The number of hydrogen-bond acceptors (Lipinski definition) is 5. The summed E-state index contributed by atoms with van der Waals surface area (Å²) in [6, 6.07) is 0. The number of ether oxygens (including phenoxy) is 2. The highest BCUT2D eigenvalue weighted by atomic mass is 32.2. The Morgan fingerprint density at radius 1 is 1.37 bits per heavy atom. The van der Waals surface area contributed by atoms with Crippen LogP contribution in [0.5, 0.6) is 0 Å². The van der Waals surface area contributed by atoms with Crippen LogP contribution in [0.1, 0.15) is 27.2 Å². The van der Waals surface area contributed by atoms with Gasteiger partial charge in [0.2, 0.25) is 0 Å². The summed E-state index contributed by atoms with van der Waals surface area (Å²) >= 11 is 0. The Morgan fingerprint density at radius 3 is 2.47 bits per heavy atom. The number of carbonyl (C=O) groups excluding carboxylic acids is 1. The van der Waals surface area contributed by atoms with Crippen LogP contribution in [0.4, 0.5) is 0 Å². The molecule has 0 spiro atoms. The zero-order chi connectivity index (χ0) is 14.5. The lowest BCUT2D eigenvalue weighted by molar-refractivity contribution is -0.142. The molecule has 0 aliphatic carbocycles. The van der Waals surface area contributed by atoms with E-state index < -0.39 is 16.2 Å². The van der Waals surface area contributed by atoms with Crippen LogP contribution in [-0.4, -0.2) is 57.1 Å². The first-order valence-electron chi connectivity index (χ1n) is 6.41. The van der Waals surface area contributed by atoms with Crippen molar-refractivity contribution in [2.75, 3.05) is 26.2 Å². The molecular formula is C11H22N2O5S. The first-order valence-corrected chi connectivity index (χ1v) is 7.85. The lowest BCUT2D eigenvalue weighted by Crippen LogP contribution is -2.52. The minimum atomic E-state index is -3.56. The normalized spacial score (nSPS) is 25.2. The molecule has 1 aliphatic heterocycles. The number of rotatable bonds is 6. The van der Waals surface area contributed by atoms with Gasteiger partial charge in [0.15, 0.2) is 0 Å². The zero-order valence-electron chi connectivity index (χ0n) is 11.6. The smallest absolute Gasteiger partial charge is 0.307 e. The van der Waals surface area contributed by atoms with Gasteiger partial charge in [0, 0.05) is 19.6 Å². The van der Waals surface area contributed by atoms with Crippen LogP contribution in [-0.2, 0) is 24.5 Å². The molecule has 0 radical (unpaired) electrons. The molecule has 19 heavy (non-hydrogen) atoms. The van der Waals surface area contributed by atoms with Crippen molar-refractivity contribution in [3.8, 4) is 0 Å². The maximum atomic E-state index is 12.0. The summed E-state index contributed by atoms with van der Waals surface area (Å²) in [5.41, 5.74) is 0. The molecule has 1 fully saturated rings. The van der Waals surface area contributed by atoms with E-state index in [9.17, 15) is 13.2 Å². The molecule has 0 bridgehead atoms. The molecule has 7 nitrogen and oxygen atoms in total. The van der Waals surface area contributed by atoms with Gasteiger partial charge in [0.1, 0.15) is 0 Å². The maximum absolute atomic E-state index is 12.0. The summed E-state index contributed by atoms with van der Waals surface area (Å²) in [5, 5.41) is 0. The molecule has 0 saturated carbocycles. The Bertz CT molecular complexity index is 388. The van der Waals surface area contributed by atoms with Crippen molar-refractivity contribution in [1.82, 2.24) is 9.03 Å². The van der Waals surface area contributed by atoms with E-state index in [1.165, 1.54) is 4.31 Å². The van der Waals surface area contributed by atoms with E-state index >= 15 is 0 Å². The second-order valence-electron chi connectivity index (χ2n) is 4.53. The predicted octanol–water partition coefficient (Wildman–Crippen LogP) is -0.117. The van der Waals surface area contributed by atoms with E-state index in [0.29, 0.717) is 19.7 Å². The summed E-state index contributed by atoms with van der Waals surface area (Å²) in [5.74, 6) is -0.408. The van der Waals surface area contributed by atoms with Crippen molar-refractivity contribution < 1.29 is 22.7 Å². The highest BCUT2D eigenvalue weighted by Gasteiger charge is 2.30. The highest BCUT2D eigenvalue weighted by molar-refractivity contribution is 7.87. The van der Waals surface area contributed by atoms with E-state index in [4.69, 9.17) is 9.47 Å². The number of esters is 1. The van der Waals surface area contributed by atoms with Crippen LogP contribution in [0.3, 0.4) is 0 Å². The van der Waals surface area contributed by atoms with Crippen LogP contribution >= 0.6 is 0 Å². The molecule has 0 aromatic carbocycles. The molecule has 1 saturated heterocycles. The molecule has 0 aromatic rings. The maximum Gasteiger partial charge on any atom is 0.307 e. The number of morpholine rings is 1. The molecule has 2 atom stereocenters. The number of carbonyl (C=O) groups is 1. The predicted molar refractivity (Wildman–Crippen MR) is 69.8 cm³/mol. The van der Waals surface area contributed by atoms with Gasteiger partial charge in [-0.1, -0.05) is 0 Å². The van der Waals surface area contributed by atoms with Gasteiger partial charge in [-0.3, -0.25) is 4.79 Å². The third-order valence-corrected chi connectivity index (χ3v) is 4.19. The molecule has 0 aromatic heterocycles. The van der Waals surface area contributed by atoms with Crippen LogP contribution in [0.25, 0.3) is 0 Å². The Balaban J connectivity index is 2.45. The fourth-order valence-corrected chi connectivity index (χ4v) is 3.29. The standard InChI is InChI=1S/C11H22N2O5S/c1-4-17-11(14)5-6-12-19(15,16)13-7-9(2)18-10(3)8-13/h9-10,12H,4-8H2,1-3H3/t9-,10-/m1/s1. The molecule has 1 N–H and O–H groups in total. The van der Waals surface area contributed by atoms with Crippen molar-refractivity contribution in [1.29, 1.82) is 0 Å². The Hall–Kier alpha value is -0.700. The second-order valence-corrected chi connectivity index (χ2v) is 6.28. The summed E-state index contributed by atoms with van der Waals surface area (Å²) in [6.07, 6.45) is -0.238. The Labute approximate surface area is 114 Å². The summed E-state index contributed by atoms with van der Waals surface area (Å²) < 4.78 is 38.0. The van der Waals surface area contributed by atoms with Gasteiger partial charge in [0.25, 0.3) is 10.2 Å². The molecule has 0 unspecified atom stereocenters. The Morgan fingerprint density at radius 2 is 1.95 bits per heavy atom. The molecule has 0 amide bonds. The van der Waals surface area contributed by atoms with Gasteiger partial charge >= 0.3 is 5.97 Å². The van der Waals surface area contributed by atoms with Crippen LogP contribution < -0.4 is 4.72 Å². The van der Waals surface area contributed by atoms with E-state index in [0.717, 1.165) is 0 Å². The summed E-state index contributed by atoms with van der Waals surface area (Å²) in [6.45, 7) is 6.34. The average Bonchev–Trinajstić information content (AvgIpc) is 2.27. The third kappa shape index (κ3) is 5.43. The minimum absolute atomic E-state index is 0.0303. The fourth-order valence-electron chi connectivity index (χ4n) is 1.93. The van der Waals surface area contributed by atoms with Crippen LogP contribution in [0, 0.1) is 0 Å². The topological polar surface area (TPSA) is 84.9 Å². The van der Waals surface area contributed by atoms with E-state index in [-0.39, 0.29) is 25.2 Å². The first-order chi connectivity index (χ1) is 8.85. The second kappa shape index (κ2) is 7.18. The lowest BCUT2D eigenvalue weighted by Gasteiger charge is -2.34. The Kier molecular flexibility index (Phi) is 6.18. The van der Waals surface area contributed by atoms with Crippen molar-refractivity contribution in [3.63, 3.8) is 0 Å². The van der Waals surface area contributed by atoms with E-state index in [1.807, 2.05) is 13.8 Å². The van der Waals surface area contributed by atoms with Crippen LogP contribution in [0.15, 0.2) is 0 Å². The third-order valence-electron chi connectivity index (χ3n) is 2.64. The van der Waals surface area contributed by atoms with Gasteiger partial charge < -0.3 is 9.47 Å². The SMILES string of the molecule is CCOC(=O)CCNS(=O)(=O)N1C[C@@H](C)O[C@H](C)C1. The van der Waals surface area contributed by atoms with Crippen LogP contribution in [0.2, 0.25) is 0 Å². The minimum Gasteiger partial charge on any atom is -0.466 e. The van der Waals surface area contributed by atoms with E-state index in [1.54, 1.807) is 6.92 Å². The molecular weight excluding hydrogens is 272 g/mol. The number of nitrogens with one attached hydrogen (secondary N) is 1. The van der Waals surface area contributed by atoms with Gasteiger partial charge in [-0.25, -0.2) is 4.72 Å². The van der Waals surface area contributed by atoms with Gasteiger partial charge in [-0.05, 0) is 20.8 Å². The monoisotopic (exact) mass is 294 g/mol. The van der Waals surface area contributed by atoms with Gasteiger partial charge in [-0.15, -0.1) is 0 Å². The number of nitrogens with zero attached hydrogens (tertiary/aromatic N) is 1. The first kappa shape index (κ1) is 16.4. The van der Waals surface area contributed by atoms with Crippen molar-refractivity contribution in [3.05, 3.63) is 0 Å². The molecule has 112 valence electrons. The molecule has 1 rings (SSSR count). The molecule has 8 heteroatoms. The fraction of sp³-hybridized carbons (Fsp3) is 0.909. The van der Waals surface area contributed by atoms with Crippen molar-refractivity contribution in [2.45, 2.75) is 39.4 Å². The van der Waals surface area contributed by atoms with Gasteiger partial charge in [-0.2, -0.15) is 12.7 Å². The zero-order valence-corrected chi connectivity index (χ0v) is 12.4. The molecule has 1 heterocycles. The van der Waals surface area contributed by atoms with Gasteiger partial charge in [0.05, 0.1) is 25.2 Å². The largest absolute Gasteiger partial charge is 0.466 e. The highest BCUT2D eigenvalue weighted by Crippen LogP contribution is 2.13. The van der Waals surface area contributed by atoms with E-state index in [2.05, 4.69) is 4.72 Å². The summed E-state index contributed by atoms with van der Waals surface area (Å²) in [7, 11) is -3.56. The lowest BCUT2D eigenvalue weighted by atomic mass is 10.3.